The van der Waals surface area contributed by atoms with Crippen LogP contribution in [0, 0.1) is 12.7 Å². The molecule has 1 aromatic rings. The van der Waals surface area contributed by atoms with Crippen LogP contribution in [0.1, 0.15) is 5.56 Å². The smallest absolute Gasteiger partial charge is 0.371 e. The molecule has 0 radical (unpaired) electrons. The Balaban J connectivity index is 2.99. The quantitative estimate of drug-likeness (QED) is 0.773. The van der Waals surface area contributed by atoms with Crippen molar-refractivity contribution in [2.24, 2.45) is 5.14 Å². The predicted octanol–water partition coefficient (Wildman–Crippen LogP) is 0.716. The van der Waals surface area contributed by atoms with Gasteiger partial charge in [0.1, 0.15) is 11.6 Å². The third-order valence-corrected chi connectivity index (χ3v) is 1.77. The summed E-state index contributed by atoms with van der Waals surface area (Å²) in [5, 5.41) is 4.61. The highest BCUT2D eigenvalue weighted by Crippen LogP contribution is 2.16. The topological polar surface area (TPSA) is 69.4 Å². The van der Waals surface area contributed by atoms with Gasteiger partial charge in [0.25, 0.3) is 0 Å². The lowest BCUT2D eigenvalue weighted by molar-refractivity contribution is 0.486. The number of rotatable bonds is 2. The average Bonchev–Trinajstić information content (AvgIpc) is 1.94. The van der Waals surface area contributed by atoms with Gasteiger partial charge in [-0.2, -0.15) is 13.6 Å². The van der Waals surface area contributed by atoms with Crippen molar-refractivity contribution in [1.82, 2.24) is 0 Å². The molecule has 0 aromatic heterocycles. The Bertz CT molecular complexity index is 416. The molecular formula is C7H8FNO3S. The summed E-state index contributed by atoms with van der Waals surface area (Å²) in [5.41, 5.74) is 0.293. The molecule has 0 atom stereocenters. The summed E-state index contributed by atoms with van der Waals surface area (Å²) < 4.78 is 37.9. The van der Waals surface area contributed by atoms with Crippen molar-refractivity contribution in [3.8, 4) is 5.75 Å². The predicted molar refractivity (Wildman–Crippen MR) is 44.9 cm³/mol. The largest absolute Gasteiger partial charge is 0.380 e. The summed E-state index contributed by atoms with van der Waals surface area (Å²) in [6.45, 7) is 1.49. The summed E-state index contributed by atoms with van der Waals surface area (Å²) >= 11 is 0. The van der Waals surface area contributed by atoms with Crippen LogP contribution in [0.2, 0.25) is 0 Å². The third-order valence-electron chi connectivity index (χ3n) is 1.34. The SMILES string of the molecule is Cc1cc(OS(N)(=O)=O)ccc1F. The second-order valence-corrected chi connectivity index (χ2v) is 3.64. The van der Waals surface area contributed by atoms with Crippen molar-refractivity contribution in [2.75, 3.05) is 0 Å². The number of nitrogens with two attached hydrogens (primary N) is 1. The highest BCUT2D eigenvalue weighted by Gasteiger charge is 2.06. The summed E-state index contributed by atoms with van der Waals surface area (Å²) in [6.07, 6.45) is 0. The minimum atomic E-state index is -4.03. The summed E-state index contributed by atoms with van der Waals surface area (Å²) in [4.78, 5) is 0. The van der Waals surface area contributed by atoms with Gasteiger partial charge in [0.05, 0.1) is 0 Å². The van der Waals surface area contributed by atoms with Gasteiger partial charge in [0, 0.05) is 0 Å². The number of halogens is 1. The molecule has 6 heteroatoms. The zero-order chi connectivity index (χ0) is 10.1. The fourth-order valence-electron chi connectivity index (χ4n) is 0.803. The molecule has 13 heavy (non-hydrogen) atoms. The number of hydrogen-bond acceptors (Lipinski definition) is 3. The molecule has 1 aromatic carbocycles. The first kappa shape index (κ1) is 9.94. The highest BCUT2D eigenvalue weighted by atomic mass is 32.2. The summed E-state index contributed by atoms with van der Waals surface area (Å²) in [5.74, 6) is -0.428. The molecule has 0 aliphatic rings. The zero-order valence-electron chi connectivity index (χ0n) is 6.82. The Morgan fingerprint density at radius 1 is 1.46 bits per heavy atom. The molecule has 0 heterocycles. The van der Waals surface area contributed by atoms with Crippen molar-refractivity contribution in [3.05, 3.63) is 29.6 Å². The Morgan fingerprint density at radius 2 is 2.08 bits per heavy atom. The molecule has 0 spiro atoms. The molecule has 0 unspecified atom stereocenters. The fraction of sp³-hybridized carbons (Fsp3) is 0.143. The van der Waals surface area contributed by atoms with Gasteiger partial charge >= 0.3 is 10.3 Å². The van der Waals surface area contributed by atoms with Crippen LogP contribution in [-0.2, 0) is 10.3 Å². The number of aryl methyl sites for hydroxylation is 1. The second-order valence-electron chi connectivity index (χ2n) is 2.49. The first-order valence-corrected chi connectivity index (χ1v) is 4.84. The molecule has 72 valence electrons. The van der Waals surface area contributed by atoms with Crippen LogP contribution in [0.5, 0.6) is 5.75 Å². The molecule has 0 saturated carbocycles. The van der Waals surface area contributed by atoms with Crippen LogP contribution in [0.15, 0.2) is 18.2 Å². The first-order valence-electron chi connectivity index (χ1n) is 3.37. The van der Waals surface area contributed by atoms with E-state index in [2.05, 4.69) is 9.32 Å². The normalized spacial score (nSPS) is 11.3. The standard InChI is InChI=1S/C7H8FNO3S/c1-5-4-6(2-3-7(5)8)12-13(9,10)11/h2-4H,1H3,(H2,9,10,11). The van der Waals surface area contributed by atoms with Crippen molar-refractivity contribution < 1.29 is 17.0 Å². The van der Waals surface area contributed by atoms with Crippen molar-refractivity contribution in [2.45, 2.75) is 6.92 Å². The van der Waals surface area contributed by atoms with E-state index in [-0.39, 0.29) is 5.75 Å². The lowest BCUT2D eigenvalue weighted by Crippen LogP contribution is -2.18. The van der Waals surface area contributed by atoms with E-state index in [9.17, 15) is 12.8 Å². The zero-order valence-corrected chi connectivity index (χ0v) is 7.64. The van der Waals surface area contributed by atoms with Gasteiger partial charge in [-0.25, -0.2) is 4.39 Å². The Kier molecular flexibility index (Phi) is 2.53. The maximum Gasteiger partial charge on any atom is 0.380 e. The van der Waals surface area contributed by atoms with Crippen molar-refractivity contribution in [1.29, 1.82) is 0 Å². The lowest BCUT2D eigenvalue weighted by atomic mass is 10.2. The first-order chi connectivity index (χ1) is 5.88. The van der Waals surface area contributed by atoms with E-state index in [1.165, 1.54) is 19.1 Å². The highest BCUT2D eigenvalue weighted by molar-refractivity contribution is 7.84. The van der Waals surface area contributed by atoms with Crippen LogP contribution in [0.4, 0.5) is 4.39 Å². The van der Waals surface area contributed by atoms with Gasteiger partial charge in [0.2, 0.25) is 0 Å². The van der Waals surface area contributed by atoms with E-state index in [1.54, 1.807) is 0 Å². The van der Waals surface area contributed by atoms with Gasteiger partial charge in [-0.05, 0) is 30.7 Å². The molecule has 4 nitrogen and oxygen atoms in total. The van der Waals surface area contributed by atoms with Gasteiger partial charge < -0.3 is 4.18 Å². The number of hydrogen-bond donors (Lipinski definition) is 1. The van der Waals surface area contributed by atoms with Crippen LogP contribution >= 0.6 is 0 Å². The molecule has 2 N–H and O–H groups in total. The van der Waals surface area contributed by atoms with E-state index < -0.39 is 16.1 Å². The summed E-state index contributed by atoms with van der Waals surface area (Å²) in [6, 6.07) is 3.54. The third kappa shape index (κ3) is 3.00. The van der Waals surface area contributed by atoms with Gasteiger partial charge in [-0.15, -0.1) is 0 Å². The molecule has 0 aliphatic heterocycles. The number of benzene rings is 1. The lowest BCUT2D eigenvalue weighted by Gasteiger charge is -2.03. The average molecular weight is 205 g/mol. The monoisotopic (exact) mass is 205 g/mol. The van der Waals surface area contributed by atoms with E-state index in [1.807, 2.05) is 0 Å². The van der Waals surface area contributed by atoms with E-state index >= 15 is 0 Å². The molecular weight excluding hydrogens is 197 g/mol. The second kappa shape index (κ2) is 3.31. The maximum atomic E-state index is 12.7. The Labute approximate surface area is 75.4 Å². The van der Waals surface area contributed by atoms with Crippen LogP contribution in [-0.4, -0.2) is 8.42 Å². The van der Waals surface area contributed by atoms with Gasteiger partial charge in [-0.1, -0.05) is 0 Å². The van der Waals surface area contributed by atoms with Crippen LogP contribution in [0.3, 0.4) is 0 Å². The minimum Gasteiger partial charge on any atom is -0.371 e. The van der Waals surface area contributed by atoms with Crippen molar-refractivity contribution >= 4 is 10.3 Å². The summed E-state index contributed by atoms with van der Waals surface area (Å²) in [7, 11) is -4.03. The Morgan fingerprint density at radius 3 is 2.54 bits per heavy atom. The van der Waals surface area contributed by atoms with E-state index in [4.69, 9.17) is 0 Å². The van der Waals surface area contributed by atoms with Crippen LogP contribution < -0.4 is 9.32 Å². The van der Waals surface area contributed by atoms with Gasteiger partial charge in [-0.3, -0.25) is 0 Å². The van der Waals surface area contributed by atoms with E-state index in [0.717, 1.165) is 6.07 Å². The van der Waals surface area contributed by atoms with E-state index in [0.29, 0.717) is 5.56 Å². The van der Waals surface area contributed by atoms with Crippen molar-refractivity contribution in [3.63, 3.8) is 0 Å². The molecule has 0 fully saturated rings. The molecule has 0 amide bonds. The van der Waals surface area contributed by atoms with Crippen LogP contribution in [0.25, 0.3) is 0 Å². The van der Waals surface area contributed by atoms with Gasteiger partial charge in [0.15, 0.2) is 0 Å². The Hall–Kier alpha value is -1.14. The molecule has 0 saturated heterocycles. The molecule has 1 rings (SSSR count). The molecule has 0 bridgehead atoms. The minimum absolute atomic E-state index is 0.00130. The maximum absolute atomic E-state index is 12.7. The molecule has 0 aliphatic carbocycles. The fourth-order valence-corrected chi connectivity index (χ4v) is 1.18.